The highest BCUT2D eigenvalue weighted by Gasteiger charge is 2.40. The Bertz CT molecular complexity index is 651. The van der Waals surface area contributed by atoms with Crippen molar-refractivity contribution in [2.75, 3.05) is 46.5 Å². The van der Waals surface area contributed by atoms with Gasteiger partial charge in [0.15, 0.2) is 0 Å². The van der Waals surface area contributed by atoms with Crippen LogP contribution >= 0.6 is 0 Å². The summed E-state index contributed by atoms with van der Waals surface area (Å²) in [6, 6.07) is 3.29. The monoisotopic (exact) mass is 384 g/mol. The number of hydrogen-bond acceptors (Lipinski definition) is 5. The van der Waals surface area contributed by atoms with Crippen molar-refractivity contribution < 1.29 is 28.2 Å². The van der Waals surface area contributed by atoms with Gasteiger partial charge < -0.3 is 19.5 Å². The highest BCUT2D eigenvalue weighted by molar-refractivity contribution is 5.77. The lowest BCUT2D eigenvalue weighted by atomic mass is 9.90. The Morgan fingerprint density at radius 2 is 1.93 bits per heavy atom. The Labute approximate surface area is 157 Å². The van der Waals surface area contributed by atoms with E-state index >= 15 is 0 Å². The molecule has 0 aromatic heterocycles. The minimum Gasteiger partial charge on any atom is -0.490 e. The first-order valence-electron chi connectivity index (χ1n) is 9.20. The third-order valence-electron chi connectivity index (χ3n) is 5.19. The van der Waals surface area contributed by atoms with Crippen LogP contribution in [-0.4, -0.2) is 79.0 Å². The van der Waals surface area contributed by atoms with Gasteiger partial charge in [0.05, 0.1) is 6.54 Å². The molecule has 2 fully saturated rings. The predicted octanol–water partition coefficient (Wildman–Crippen LogP) is 1.42. The zero-order chi connectivity index (χ0) is 19.4. The molecule has 1 amide bonds. The lowest BCUT2D eigenvalue weighted by molar-refractivity contribution is -0.138. The van der Waals surface area contributed by atoms with Gasteiger partial charge in [-0.05, 0) is 12.8 Å². The van der Waals surface area contributed by atoms with E-state index in [-0.39, 0.29) is 31.4 Å². The van der Waals surface area contributed by atoms with E-state index in [9.17, 15) is 18.7 Å². The van der Waals surface area contributed by atoms with Gasteiger partial charge in [-0.2, -0.15) is 0 Å². The molecule has 6 nitrogen and oxygen atoms in total. The molecule has 0 spiro atoms. The minimum atomic E-state index is -1.35. The second-order valence-corrected chi connectivity index (χ2v) is 7.42. The standard InChI is InChI=1S/C19H26F2N2O4/c1-26-10-18(24)23-6-5-22(16-3-2-4-16)11-19(25,12-23)13-27-17-8-14(20)7-15(21)9-17/h7-9,16,25H,2-6,10-13H2,1H3/t19-/m1/s1. The molecule has 0 bridgehead atoms. The van der Waals surface area contributed by atoms with Crippen molar-refractivity contribution in [1.29, 1.82) is 0 Å². The molecule has 2 aliphatic rings. The molecule has 27 heavy (non-hydrogen) atoms. The van der Waals surface area contributed by atoms with Crippen LogP contribution in [0.25, 0.3) is 0 Å². The van der Waals surface area contributed by atoms with Crippen molar-refractivity contribution >= 4 is 5.91 Å². The first-order chi connectivity index (χ1) is 12.9. The lowest BCUT2D eigenvalue weighted by Crippen LogP contribution is -2.54. The predicted molar refractivity (Wildman–Crippen MR) is 94.5 cm³/mol. The molecule has 1 saturated heterocycles. The van der Waals surface area contributed by atoms with Gasteiger partial charge in [-0.25, -0.2) is 8.78 Å². The smallest absolute Gasteiger partial charge is 0.248 e. The van der Waals surface area contributed by atoms with Crippen LogP contribution in [0, 0.1) is 11.6 Å². The van der Waals surface area contributed by atoms with E-state index in [1.54, 1.807) is 4.90 Å². The maximum atomic E-state index is 13.4. The summed E-state index contributed by atoms with van der Waals surface area (Å²) in [4.78, 5) is 16.0. The van der Waals surface area contributed by atoms with Crippen molar-refractivity contribution in [3.63, 3.8) is 0 Å². The summed E-state index contributed by atoms with van der Waals surface area (Å²) >= 11 is 0. The number of hydrogen-bond donors (Lipinski definition) is 1. The SMILES string of the molecule is COCC(=O)N1CCN(C2CCC2)C[C@](O)(COc2cc(F)cc(F)c2)C1. The summed E-state index contributed by atoms with van der Waals surface area (Å²) in [5.74, 6) is -1.69. The molecule has 3 rings (SSSR count). The largest absolute Gasteiger partial charge is 0.490 e. The van der Waals surface area contributed by atoms with Crippen molar-refractivity contribution in [3.8, 4) is 5.75 Å². The number of amides is 1. The highest BCUT2D eigenvalue weighted by atomic mass is 19.1. The second-order valence-electron chi connectivity index (χ2n) is 7.42. The van der Waals surface area contributed by atoms with Crippen molar-refractivity contribution in [2.24, 2.45) is 0 Å². The van der Waals surface area contributed by atoms with Crippen LogP contribution in [0.2, 0.25) is 0 Å². The molecule has 1 saturated carbocycles. The van der Waals surface area contributed by atoms with E-state index in [1.165, 1.54) is 7.11 Å². The molecule has 1 aliphatic heterocycles. The van der Waals surface area contributed by atoms with Crippen LogP contribution in [0.4, 0.5) is 8.78 Å². The first kappa shape index (κ1) is 20.0. The minimum absolute atomic E-state index is 0.00938. The maximum absolute atomic E-state index is 13.4. The van der Waals surface area contributed by atoms with E-state index in [4.69, 9.17) is 9.47 Å². The average molecular weight is 384 g/mol. The number of nitrogens with zero attached hydrogens (tertiary/aromatic N) is 2. The Balaban J connectivity index is 1.73. The maximum Gasteiger partial charge on any atom is 0.248 e. The van der Waals surface area contributed by atoms with E-state index in [0.29, 0.717) is 25.7 Å². The van der Waals surface area contributed by atoms with Gasteiger partial charge >= 0.3 is 0 Å². The molecule has 1 N–H and O–H groups in total. The fraction of sp³-hybridized carbons (Fsp3) is 0.632. The van der Waals surface area contributed by atoms with Crippen molar-refractivity contribution in [3.05, 3.63) is 29.8 Å². The third kappa shape index (κ3) is 5.15. The topological polar surface area (TPSA) is 62.2 Å². The summed E-state index contributed by atoms with van der Waals surface area (Å²) in [6.07, 6.45) is 3.29. The summed E-state index contributed by atoms with van der Waals surface area (Å²) in [5.41, 5.74) is -1.35. The number of carbonyl (C=O) groups is 1. The van der Waals surface area contributed by atoms with Gasteiger partial charge in [-0.15, -0.1) is 0 Å². The van der Waals surface area contributed by atoms with E-state index in [0.717, 1.165) is 37.5 Å². The zero-order valence-corrected chi connectivity index (χ0v) is 15.5. The number of benzene rings is 1. The van der Waals surface area contributed by atoms with E-state index in [2.05, 4.69) is 4.90 Å². The number of rotatable bonds is 6. The highest BCUT2D eigenvalue weighted by Crippen LogP contribution is 2.28. The number of carbonyl (C=O) groups excluding carboxylic acids is 1. The Morgan fingerprint density at radius 1 is 1.22 bits per heavy atom. The number of β-amino-alcohol motifs (C(OH)–C–C–N with tert-alkyl or cyclic N) is 1. The van der Waals surface area contributed by atoms with Crippen LogP contribution in [0.1, 0.15) is 19.3 Å². The summed E-state index contributed by atoms with van der Waals surface area (Å²) in [6.45, 7) is 1.35. The summed E-state index contributed by atoms with van der Waals surface area (Å²) in [7, 11) is 1.45. The summed E-state index contributed by atoms with van der Waals surface area (Å²) < 4.78 is 37.2. The number of aliphatic hydroxyl groups is 1. The molecule has 0 unspecified atom stereocenters. The normalized spacial score (nSPS) is 24.4. The van der Waals surface area contributed by atoms with Crippen LogP contribution in [0.3, 0.4) is 0 Å². The Hall–Kier alpha value is -1.77. The molecule has 1 aromatic carbocycles. The third-order valence-corrected chi connectivity index (χ3v) is 5.19. The lowest BCUT2D eigenvalue weighted by Gasteiger charge is -2.40. The molecule has 1 aliphatic carbocycles. The van der Waals surface area contributed by atoms with Crippen LogP contribution in [0.5, 0.6) is 5.75 Å². The van der Waals surface area contributed by atoms with Crippen molar-refractivity contribution in [1.82, 2.24) is 9.80 Å². The van der Waals surface area contributed by atoms with E-state index in [1.807, 2.05) is 0 Å². The van der Waals surface area contributed by atoms with Gasteiger partial charge in [0.25, 0.3) is 0 Å². The summed E-state index contributed by atoms with van der Waals surface area (Å²) in [5, 5.41) is 11.2. The van der Waals surface area contributed by atoms with Crippen molar-refractivity contribution in [2.45, 2.75) is 30.9 Å². The number of methoxy groups -OCH3 is 1. The van der Waals surface area contributed by atoms with E-state index < -0.39 is 17.2 Å². The van der Waals surface area contributed by atoms with Gasteiger partial charge in [0, 0.05) is 51.0 Å². The molecule has 150 valence electrons. The molecule has 1 atom stereocenters. The van der Waals surface area contributed by atoms with Crippen LogP contribution < -0.4 is 4.74 Å². The molecule has 0 radical (unpaired) electrons. The first-order valence-corrected chi connectivity index (χ1v) is 9.20. The molecule has 1 heterocycles. The van der Waals surface area contributed by atoms with Crippen LogP contribution in [-0.2, 0) is 9.53 Å². The van der Waals surface area contributed by atoms with Crippen LogP contribution in [0.15, 0.2) is 18.2 Å². The number of ether oxygens (including phenoxy) is 2. The second kappa shape index (κ2) is 8.50. The fourth-order valence-electron chi connectivity index (χ4n) is 3.60. The number of halogens is 2. The van der Waals surface area contributed by atoms with Gasteiger partial charge in [0.2, 0.25) is 5.91 Å². The molecular formula is C19H26F2N2O4. The van der Waals surface area contributed by atoms with Gasteiger partial charge in [-0.1, -0.05) is 6.42 Å². The molecule has 1 aromatic rings. The fourth-order valence-corrected chi connectivity index (χ4v) is 3.60. The quantitative estimate of drug-likeness (QED) is 0.804. The Morgan fingerprint density at radius 3 is 2.52 bits per heavy atom. The Kier molecular flexibility index (Phi) is 6.29. The average Bonchev–Trinajstić information content (AvgIpc) is 2.71. The molecule has 8 heteroatoms. The molecular weight excluding hydrogens is 358 g/mol. The zero-order valence-electron chi connectivity index (χ0n) is 15.5. The van der Waals surface area contributed by atoms with Gasteiger partial charge in [0.1, 0.15) is 36.2 Å². The van der Waals surface area contributed by atoms with Gasteiger partial charge in [-0.3, -0.25) is 9.69 Å².